The molecule has 0 aliphatic heterocycles. The van der Waals surface area contributed by atoms with Crippen LogP contribution >= 0.6 is 11.6 Å². The molecule has 0 spiro atoms. The molecule has 0 unspecified atom stereocenters. The van der Waals surface area contributed by atoms with Gasteiger partial charge in [0.15, 0.2) is 0 Å². The molecule has 2 aromatic rings. The quantitative estimate of drug-likeness (QED) is 0.847. The SMILES string of the molecule is CCCNCc1ccc(-c2cnn(C)c2C)c(Cl)c1. The molecule has 0 aliphatic carbocycles. The van der Waals surface area contributed by atoms with E-state index in [0.29, 0.717) is 0 Å². The van der Waals surface area contributed by atoms with Gasteiger partial charge in [-0.15, -0.1) is 0 Å². The lowest BCUT2D eigenvalue weighted by Gasteiger charge is -2.08. The summed E-state index contributed by atoms with van der Waals surface area (Å²) in [6.45, 7) is 6.10. The van der Waals surface area contributed by atoms with Crippen molar-refractivity contribution in [1.82, 2.24) is 15.1 Å². The van der Waals surface area contributed by atoms with Gasteiger partial charge in [0.1, 0.15) is 0 Å². The molecule has 2 rings (SSSR count). The number of aromatic nitrogens is 2. The van der Waals surface area contributed by atoms with Crippen LogP contribution in [-0.4, -0.2) is 16.3 Å². The minimum atomic E-state index is 0.784. The first kappa shape index (κ1) is 14.1. The Morgan fingerprint density at radius 3 is 2.68 bits per heavy atom. The molecule has 1 heterocycles. The summed E-state index contributed by atoms with van der Waals surface area (Å²) in [5, 5.41) is 8.42. The smallest absolute Gasteiger partial charge is 0.0571 e. The minimum Gasteiger partial charge on any atom is -0.313 e. The monoisotopic (exact) mass is 277 g/mol. The molecule has 19 heavy (non-hydrogen) atoms. The molecule has 1 N–H and O–H groups in total. The van der Waals surface area contributed by atoms with Crippen molar-refractivity contribution < 1.29 is 0 Å². The Morgan fingerprint density at radius 2 is 2.11 bits per heavy atom. The number of rotatable bonds is 5. The van der Waals surface area contributed by atoms with Gasteiger partial charge in [0.25, 0.3) is 0 Å². The van der Waals surface area contributed by atoms with Crippen LogP contribution in [0.5, 0.6) is 0 Å². The highest BCUT2D eigenvalue weighted by Gasteiger charge is 2.10. The Kier molecular flexibility index (Phi) is 4.61. The van der Waals surface area contributed by atoms with Crippen molar-refractivity contribution in [3.63, 3.8) is 0 Å². The normalized spacial score (nSPS) is 10.9. The summed E-state index contributed by atoms with van der Waals surface area (Å²) >= 11 is 6.39. The van der Waals surface area contributed by atoms with Gasteiger partial charge in [0, 0.05) is 35.4 Å². The molecule has 0 amide bonds. The Bertz CT molecular complexity index is 561. The number of benzene rings is 1. The lowest BCUT2D eigenvalue weighted by molar-refractivity contribution is 0.675. The van der Waals surface area contributed by atoms with Crippen LogP contribution in [0.3, 0.4) is 0 Å². The van der Waals surface area contributed by atoms with Gasteiger partial charge in [-0.25, -0.2) is 0 Å². The third-order valence-corrected chi connectivity index (χ3v) is 3.63. The van der Waals surface area contributed by atoms with Gasteiger partial charge in [0.2, 0.25) is 0 Å². The van der Waals surface area contributed by atoms with Crippen LogP contribution in [0.15, 0.2) is 24.4 Å². The lowest BCUT2D eigenvalue weighted by atomic mass is 10.0. The molecule has 1 aromatic heterocycles. The maximum Gasteiger partial charge on any atom is 0.0571 e. The summed E-state index contributed by atoms with van der Waals surface area (Å²) in [5.74, 6) is 0. The summed E-state index contributed by atoms with van der Waals surface area (Å²) < 4.78 is 1.86. The van der Waals surface area contributed by atoms with Crippen molar-refractivity contribution in [3.05, 3.63) is 40.7 Å². The van der Waals surface area contributed by atoms with E-state index in [1.807, 2.05) is 24.0 Å². The molecular weight excluding hydrogens is 258 g/mol. The van der Waals surface area contributed by atoms with E-state index in [2.05, 4.69) is 36.4 Å². The summed E-state index contributed by atoms with van der Waals surface area (Å²) in [5.41, 5.74) is 4.48. The average Bonchev–Trinajstić information content (AvgIpc) is 2.71. The highest BCUT2D eigenvalue weighted by molar-refractivity contribution is 6.33. The zero-order valence-corrected chi connectivity index (χ0v) is 12.5. The molecule has 0 saturated carbocycles. The van der Waals surface area contributed by atoms with Crippen molar-refractivity contribution in [1.29, 1.82) is 0 Å². The zero-order valence-electron chi connectivity index (χ0n) is 11.7. The van der Waals surface area contributed by atoms with Gasteiger partial charge in [0.05, 0.1) is 6.20 Å². The molecule has 0 radical (unpaired) electrons. The van der Waals surface area contributed by atoms with Crippen molar-refractivity contribution in [3.8, 4) is 11.1 Å². The number of hydrogen-bond acceptors (Lipinski definition) is 2. The molecule has 4 heteroatoms. The highest BCUT2D eigenvalue weighted by Crippen LogP contribution is 2.30. The molecular formula is C15H20ClN3. The Hall–Kier alpha value is -1.32. The van der Waals surface area contributed by atoms with Crippen molar-refractivity contribution >= 4 is 11.6 Å². The highest BCUT2D eigenvalue weighted by atomic mass is 35.5. The summed E-state index contributed by atoms with van der Waals surface area (Å²) in [7, 11) is 1.94. The molecule has 0 saturated heterocycles. The van der Waals surface area contributed by atoms with Crippen LogP contribution in [0, 0.1) is 6.92 Å². The van der Waals surface area contributed by atoms with E-state index >= 15 is 0 Å². The molecule has 3 nitrogen and oxygen atoms in total. The number of halogens is 1. The van der Waals surface area contributed by atoms with Crippen LogP contribution in [0.25, 0.3) is 11.1 Å². The zero-order chi connectivity index (χ0) is 13.8. The van der Waals surface area contributed by atoms with E-state index in [4.69, 9.17) is 11.6 Å². The maximum absolute atomic E-state index is 6.39. The first-order chi connectivity index (χ1) is 9.13. The largest absolute Gasteiger partial charge is 0.313 e. The first-order valence-electron chi connectivity index (χ1n) is 6.61. The van der Waals surface area contributed by atoms with Crippen molar-refractivity contribution in [2.24, 2.45) is 7.05 Å². The molecule has 1 aromatic carbocycles. The predicted molar refractivity (Wildman–Crippen MR) is 80.4 cm³/mol. The van der Waals surface area contributed by atoms with Crippen LogP contribution in [-0.2, 0) is 13.6 Å². The third-order valence-electron chi connectivity index (χ3n) is 3.31. The lowest BCUT2D eigenvalue weighted by Crippen LogP contribution is -2.13. The second-order valence-electron chi connectivity index (χ2n) is 4.76. The number of hydrogen-bond donors (Lipinski definition) is 1. The fourth-order valence-corrected chi connectivity index (χ4v) is 2.36. The minimum absolute atomic E-state index is 0.784. The molecule has 0 bridgehead atoms. The van der Waals surface area contributed by atoms with Gasteiger partial charge in [-0.05, 0) is 31.5 Å². The number of aryl methyl sites for hydroxylation is 1. The summed E-state index contributed by atoms with van der Waals surface area (Å²) in [6.07, 6.45) is 3.01. The van der Waals surface area contributed by atoms with Gasteiger partial charge in [-0.3, -0.25) is 4.68 Å². The first-order valence-corrected chi connectivity index (χ1v) is 6.99. The summed E-state index contributed by atoms with van der Waals surface area (Å²) in [6, 6.07) is 6.23. The van der Waals surface area contributed by atoms with Gasteiger partial charge in [-0.2, -0.15) is 5.10 Å². The van der Waals surface area contributed by atoms with Gasteiger partial charge < -0.3 is 5.32 Å². The van der Waals surface area contributed by atoms with Crippen LogP contribution < -0.4 is 5.32 Å². The van der Waals surface area contributed by atoms with E-state index in [1.54, 1.807) is 0 Å². The topological polar surface area (TPSA) is 29.9 Å². The fourth-order valence-electron chi connectivity index (χ4n) is 2.06. The Labute approximate surface area is 119 Å². The van der Waals surface area contributed by atoms with E-state index < -0.39 is 0 Å². The molecule has 0 fully saturated rings. The van der Waals surface area contributed by atoms with Crippen LogP contribution in [0.2, 0.25) is 5.02 Å². The van der Waals surface area contributed by atoms with E-state index in [9.17, 15) is 0 Å². The maximum atomic E-state index is 6.39. The van der Waals surface area contributed by atoms with Crippen LogP contribution in [0.4, 0.5) is 0 Å². The number of nitrogens with one attached hydrogen (secondary N) is 1. The summed E-state index contributed by atoms with van der Waals surface area (Å²) in [4.78, 5) is 0. The second-order valence-corrected chi connectivity index (χ2v) is 5.17. The Morgan fingerprint density at radius 1 is 1.32 bits per heavy atom. The fraction of sp³-hybridized carbons (Fsp3) is 0.400. The van der Waals surface area contributed by atoms with Gasteiger partial charge in [-0.1, -0.05) is 30.7 Å². The number of nitrogens with zero attached hydrogens (tertiary/aromatic N) is 2. The van der Waals surface area contributed by atoms with E-state index in [0.717, 1.165) is 41.4 Å². The van der Waals surface area contributed by atoms with Crippen molar-refractivity contribution in [2.75, 3.05) is 6.54 Å². The van der Waals surface area contributed by atoms with E-state index in [1.165, 1.54) is 5.56 Å². The molecule has 0 aliphatic rings. The van der Waals surface area contributed by atoms with Gasteiger partial charge >= 0.3 is 0 Å². The van der Waals surface area contributed by atoms with Crippen LogP contribution in [0.1, 0.15) is 24.6 Å². The third kappa shape index (κ3) is 3.17. The Balaban J connectivity index is 2.22. The predicted octanol–water partition coefficient (Wildman–Crippen LogP) is 3.55. The van der Waals surface area contributed by atoms with Crippen molar-refractivity contribution in [2.45, 2.75) is 26.8 Å². The second kappa shape index (κ2) is 6.22. The standard InChI is InChI=1S/C15H20ClN3/c1-4-7-17-9-12-5-6-13(15(16)8-12)14-10-18-19(3)11(14)2/h5-6,8,10,17H,4,7,9H2,1-3H3. The van der Waals surface area contributed by atoms with E-state index in [-0.39, 0.29) is 0 Å². The molecule has 102 valence electrons. The average molecular weight is 278 g/mol. The molecule has 0 atom stereocenters.